The molecule has 0 N–H and O–H groups in total. The van der Waals surface area contributed by atoms with E-state index in [1.54, 1.807) is 0 Å². The van der Waals surface area contributed by atoms with Crippen LogP contribution in [-0.2, 0) is 0 Å². The van der Waals surface area contributed by atoms with Gasteiger partial charge in [0.1, 0.15) is 5.69 Å². The number of nitrogens with zero attached hydrogens (tertiary/aromatic N) is 1. The number of aryl methyl sites for hydroxylation is 1. The summed E-state index contributed by atoms with van der Waals surface area (Å²) < 4.78 is 0. The summed E-state index contributed by atoms with van der Waals surface area (Å²) >= 11 is 0. The summed E-state index contributed by atoms with van der Waals surface area (Å²) in [5.41, 5.74) is 3.06. The number of carbonyl (C=O) groups excluding carboxylic acids is 1. The van der Waals surface area contributed by atoms with Gasteiger partial charge in [-0.25, -0.2) is 0 Å². The van der Waals surface area contributed by atoms with Gasteiger partial charge in [-0.3, -0.25) is 9.78 Å². The maximum Gasteiger partial charge on any atom is 0.168 e. The molecular formula is C10H11NO. The van der Waals surface area contributed by atoms with Crippen molar-refractivity contribution in [3.8, 4) is 0 Å². The Labute approximate surface area is 71.6 Å². The average Bonchev–Trinajstić information content (AvgIpc) is 2.87. The van der Waals surface area contributed by atoms with Crippen LogP contribution >= 0.6 is 0 Å². The van der Waals surface area contributed by atoms with Gasteiger partial charge in [0, 0.05) is 6.20 Å². The standard InChI is InChI=1S/C10H11NO/c1-7-4-9(6-12)11-5-10(7)8-2-3-8/h4-6,8H,2-3H2,1H3. The largest absolute Gasteiger partial charge is 0.296 e. The van der Waals surface area contributed by atoms with Crippen molar-refractivity contribution in [2.24, 2.45) is 0 Å². The Hall–Kier alpha value is -1.18. The highest BCUT2D eigenvalue weighted by molar-refractivity contribution is 5.72. The molecule has 62 valence electrons. The monoisotopic (exact) mass is 161 g/mol. The number of rotatable bonds is 2. The first kappa shape index (κ1) is 7.47. The Balaban J connectivity index is 2.38. The highest BCUT2D eigenvalue weighted by atomic mass is 16.1. The molecule has 1 fully saturated rings. The summed E-state index contributed by atoms with van der Waals surface area (Å²) in [6, 6.07) is 1.86. The molecule has 0 bridgehead atoms. The number of hydrogen-bond donors (Lipinski definition) is 0. The molecule has 1 aliphatic carbocycles. The molecule has 0 spiro atoms. The van der Waals surface area contributed by atoms with Crippen LogP contribution in [0, 0.1) is 6.92 Å². The number of hydrogen-bond acceptors (Lipinski definition) is 2. The minimum absolute atomic E-state index is 0.539. The molecule has 0 aliphatic heterocycles. The molecule has 1 aromatic rings. The lowest BCUT2D eigenvalue weighted by atomic mass is 10.1. The number of aldehydes is 1. The average molecular weight is 161 g/mol. The molecule has 2 nitrogen and oxygen atoms in total. The van der Waals surface area contributed by atoms with Crippen molar-refractivity contribution < 1.29 is 4.79 Å². The zero-order valence-corrected chi connectivity index (χ0v) is 7.08. The Morgan fingerprint density at radius 3 is 2.83 bits per heavy atom. The highest BCUT2D eigenvalue weighted by Crippen LogP contribution is 2.41. The summed E-state index contributed by atoms with van der Waals surface area (Å²) in [7, 11) is 0. The van der Waals surface area contributed by atoms with Crippen molar-refractivity contribution in [2.75, 3.05) is 0 Å². The van der Waals surface area contributed by atoms with Crippen molar-refractivity contribution in [1.82, 2.24) is 4.98 Å². The van der Waals surface area contributed by atoms with Gasteiger partial charge in [-0.15, -0.1) is 0 Å². The third-order valence-electron chi connectivity index (χ3n) is 2.31. The number of pyridine rings is 1. The van der Waals surface area contributed by atoms with Crippen LogP contribution in [0.4, 0.5) is 0 Å². The first-order valence-corrected chi connectivity index (χ1v) is 4.23. The third kappa shape index (κ3) is 1.24. The summed E-state index contributed by atoms with van der Waals surface area (Å²) in [6.07, 6.45) is 5.20. The second-order valence-electron chi connectivity index (χ2n) is 3.36. The van der Waals surface area contributed by atoms with Gasteiger partial charge in [0.15, 0.2) is 6.29 Å². The van der Waals surface area contributed by atoms with Crippen LogP contribution < -0.4 is 0 Å². The van der Waals surface area contributed by atoms with Crippen molar-refractivity contribution in [1.29, 1.82) is 0 Å². The summed E-state index contributed by atoms with van der Waals surface area (Å²) in [5.74, 6) is 0.721. The fraction of sp³-hybridized carbons (Fsp3) is 0.400. The Kier molecular flexibility index (Phi) is 1.68. The zero-order valence-electron chi connectivity index (χ0n) is 7.08. The van der Waals surface area contributed by atoms with E-state index >= 15 is 0 Å². The first-order valence-electron chi connectivity index (χ1n) is 4.23. The molecule has 0 amide bonds. The van der Waals surface area contributed by atoms with E-state index in [-0.39, 0.29) is 0 Å². The lowest BCUT2D eigenvalue weighted by Gasteiger charge is -2.02. The normalized spacial score (nSPS) is 16.1. The van der Waals surface area contributed by atoms with E-state index in [0.29, 0.717) is 5.69 Å². The summed E-state index contributed by atoms with van der Waals surface area (Å²) in [4.78, 5) is 14.4. The molecule has 1 heterocycles. The van der Waals surface area contributed by atoms with E-state index in [1.165, 1.54) is 24.0 Å². The maximum atomic E-state index is 10.4. The van der Waals surface area contributed by atoms with Gasteiger partial charge in [-0.2, -0.15) is 0 Å². The molecule has 2 rings (SSSR count). The second-order valence-corrected chi connectivity index (χ2v) is 3.36. The fourth-order valence-corrected chi connectivity index (χ4v) is 1.47. The van der Waals surface area contributed by atoms with Gasteiger partial charge in [-0.1, -0.05) is 0 Å². The van der Waals surface area contributed by atoms with E-state index in [0.717, 1.165) is 12.2 Å². The first-order chi connectivity index (χ1) is 5.81. The van der Waals surface area contributed by atoms with E-state index in [4.69, 9.17) is 0 Å². The Morgan fingerprint density at radius 2 is 2.33 bits per heavy atom. The minimum atomic E-state index is 0.539. The van der Waals surface area contributed by atoms with Crippen molar-refractivity contribution in [2.45, 2.75) is 25.7 Å². The predicted molar refractivity (Wildman–Crippen MR) is 46.3 cm³/mol. The van der Waals surface area contributed by atoms with Crippen LogP contribution in [0.1, 0.15) is 40.4 Å². The van der Waals surface area contributed by atoms with Crippen LogP contribution in [0.15, 0.2) is 12.3 Å². The van der Waals surface area contributed by atoms with Gasteiger partial charge in [0.2, 0.25) is 0 Å². The topological polar surface area (TPSA) is 30.0 Å². The lowest BCUT2D eigenvalue weighted by Crippen LogP contribution is -1.92. The summed E-state index contributed by atoms with van der Waals surface area (Å²) in [6.45, 7) is 2.04. The Bertz CT molecular complexity index is 316. The van der Waals surface area contributed by atoms with E-state index < -0.39 is 0 Å². The second kappa shape index (κ2) is 2.70. The maximum absolute atomic E-state index is 10.4. The van der Waals surface area contributed by atoms with Crippen molar-refractivity contribution in [3.63, 3.8) is 0 Å². The van der Waals surface area contributed by atoms with E-state index in [2.05, 4.69) is 4.98 Å². The molecule has 1 aliphatic rings. The third-order valence-corrected chi connectivity index (χ3v) is 2.31. The smallest absolute Gasteiger partial charge is 0.168 e. The SMILES string of the molecule is Cc1cc(C=O)ncc1C1CC1. The molecule has 1 saturated carbocycles. The van der Waals surface area contributed by atoms with Gasteiger partial charge in [-0.05, 0) is 42.9 Å². The number of aromatic nitrogens is 1. The molecule has 0 radical (unpaired) electrons. The molecule has 0 unspecified atom stereocenters. The lowest BCUT2D eigenvalue weighted by molar-refractivity contribution is 0.111. The molecule has 2 heteroatoms. The molecule has 0 saturated heterocycles. The highest BCUT2D eigenvalue weighted by Gasteiger charge is 2.25. The quantitative estimate of drug-likeness (QED) is 0.621. The van der Waals surface area contributed by atoms with Gasteiger partial charge in [0.25, 0.3) is 0 Å². The van der Waals surface area contributed by atoms with Crippen LogP contribution in [-0.4, -0.2) is 11.3 Å². The predicted octanol–water partition coefficient (Wildman–Crippen LogP) is 2.08. The van der Waals surface area contributed by atoms with Gasteiger partial charge >= 0.3 is 0 Å². The van der Waals surface area contributed by atoms with Gasteiger partial charge < -0.3 is 0 Å². The zero-order chi connectivity index (χ0) is 8.55. The van der Waals surface area contributed by atoms with Crippen molar-refractivity contribution in [3.05, 3.63) is 29.1 Å². The van der Waals surface area contributed by atoms with E-state index in [1.807, 2.05) is 19.2 Å². The Morgan fingerprint density at radius 1 is 1.58 bits per heavy atom. The number of carbonyl (C=O) groups is 1. The molecular weight excluding hydrogens is 150 g/mol. The van der Waals surface area contributed by atoms with Crippen LogP contribution in [0.25, 0.3) is 0 Å². The van der Waals surface area contributed by atoms with Crippen LogP contribution in [0.2, 0.25) is 0 Å². The van der Waals surface area contributed by atoms with Crippen molar-refractivity contribution >= 4 is 6.29 Å². The minimum Gasteiger partial charge on any atom is -0.296 e. The fourth-order valence-electron chi connectivity index (χ4n) is 1.47. The molecule has 0 atom stereocenters. The van der Waals surface area contributed by atoms with E-state index in [9.17, 15) is 4.79 Å². The summed E-state index contributed by atoms with van der Waals surface area (Å²) in [5, 5.41) is 0. The van der Waals surface area contributed by atoms with Crippen LogP contribution in [0.3, 0.4) is 0 Å². The van der Waals surface area contributed by atoms with Crippen LogP contribution in [0.5, 0.6) is 0 Å². The molecule has 12 heavy (non-hydrogen) atoms. The van der Waals surface area contributed by atoms with Gasteiger partial charge in [0.05, 0.1) is 0 Å². The molecule has 1 aromatic heterocycles. The molecule has 0 aromatic carbocycles.